The first-order chi connectivity index (χ1) is 23.7. The number of amides is 3. The Morgan fingerprint density at radius 2 is 1.80 bits per heavy atom. The molecule has 0 bridgehead atoms. The van der Waals surface area contributed by atoms with E-state index in [1.165, 1.54) is 16.7 Å². The number of carbonyl (C=O) groups is 4. The number of fused-ring (bicyclic) bond motifs is 2. The van der Waals surface area contributed by atoms with E-state index in [9.17, 15) is 24.3 Å². The predicted molar refractivity (Wildman–Crippen MR) is 188 cm³/mol. The monoisotopic (exact) mass is 721 g/mol. The summed E-state index contributed by atoms with van der Waals surface area (Å²) < 4.78 is 28.4. The van der Waals surface area contributed by atoms with Gasteiger partial charge in [-0.3, -0.25) is 24.1 Å². The van der Waals surface area contributed by atoms with Crippen LogP contribution >= 0.6 is 11.6 Å². The van der Waals surface area contributed by atoms with E-state index in [1.54, 1.807) is 54.4 Å². The first-order valence-corrected chi connectivity index (χ1v) is 20.1. The summed E-state index contributed by atoms with van der Waals surface area (Å²) in [6, 6.07) is 21.6. The Labute approximate surface area is 296 Å². The molecule has 10 nitrogen and oxygen atoms in total. The average Bonchev–Trinajstić information content (AvgIpc) is 3.47. The number of aliphatic hydroxyl groups excluding tert-OH is 1. The van der Waals surface area contributed by atoms with Gasteiger partial charge in [0.05, 0.1) is 37.8 Å². The van der Waals surface area contributed by atoms with Gasteiger partial charge in [-0.15, -0.1) is 0 Å². The number of rotatable bonds is 11. The molecule has 0 saturated carbocycles. The Bertz CT molecular complexity index is 1810. The Kier molecular flexibility index (Phi) is 9.93. The fourth-order valence-electron chi connectivity index (χ4n) is 7.86. The van der Waals surface area contributed by atoms with Crippen LogP contribution in [-0.4, -0.2) is 67.6 Å². The van der Waals surface area contributed by atoms with Gasteiger partial charge >= 0.3 is 5.97 Å². The number of hydrogen-bond donors (Lipinski definition) is 1. The molecule has 1 N–H and O–H groups in total. The molecule has 264 valence electrons. The molecule has 3 amide bonds. The molecule has 3 aromatic rings. The third-order valence-electron chi connectivity index (χ3n) is 9.97. The van der Waals surface area contributed by atoms with Crippen LogP contribution in [0.4, 0.5) is 15.5 Å². The maximum absolute atomic E-state index is 16.4. The molecule has 0 radical (unpaired) electrons. The van der Waals surface area contributed by atoms with Gasteiger partial charge in [0.15, 0.2) is 11.8 Å². The summed E-state index contributed by atoms with van der Waals surface area (Å²) in [6.45, 7) is 6.47. The second-order valence-corrected chi connectivity index (χ2v) is 18.0. The highest BCUT2D eigenvalue weighted by atomic mass is 35.5. The molecule has 0 aliphatic carbocycles. The van der Waals surface area contributed by atoms with Gasteiger partial charge in [0.2, 0.25) is 20.2 Å². The largest absolute Gasteiger partial charge is 0.441 e. The van der Waals surface area contributed by atoms with Gasteiger partial charge in [0.1, 0.15) is 0 Å². The summed E-state index contributed by atoms with van der Waals surface area (Å²) >= 11 is 6.52. The zero-order valence-electron chi connectivity index (χ0n) is 28.5. The summed E-state index contributed by atoms with van der Waals surface area (Å²) in [7, 11) is -3.56. The maximum Gasteiger partial charge on any atom is 0.304 e. The van der Waals surface area contributed by atoms with Crippen LogP contribution in [0.2, 0.25) is 23.7 Å². The zero-order chi connectivity index (χ0) is 36.0. The van der Waals surface area contributed by atoms with Gasteiger partial charge in [-0.2, -0.15) is 0 Å². The van der Waals surface area contributed by atoms with Crippen molar-refractivity contribution in [2.24, 2.45) is 5.92 Å². The minimum atomic E-state index is -3.56. The van der Waals surface area contributed by atoms with Crippen molar-refractivity contribution in [2.45, 2.75) is 76.3 Å². The first-order valence-electron chi connectivity index (χ1n) is 16.7. The molecule has 1 unspecified atom stereocenters. The molecule has 5 atom stereocenters. The van der Waals surface area contributed by atoms with Crippen LogP contribution in [0.5, 0.6) is 0 Å². The third kappa shape index (κ3) is 6.57. The van der Waals surface area contributed by atoms with Crippen LogP contribution in [0, 0.1) is 5.92 Å². The van der Waals surface area contributed by atoms with Gasteiger partial charge < -0.3 is 28.5 Å². The standard InChI is InChI=1S/C37H41ClFN3O7Si/c1-23-35(50(3,4)39)31(19-32(45)40(15-16-43)21-25-9-6-5-7-10-25)49-37(23)29-18-27(38)13-14-30(29)41(36(37)47)22-26-11-8-12-28(17-26)42-33(46)20-34(42)48-24(2)44/h5-14,17-18,23,31,34-35,43H,15-16,19-22H2,1-4H3/t23-,31+,34?,35-,37+/m0/s1. The van der Waals surface area contributed by atoms with Gasteiger partial charge in [-0.05, 0) is 54.6 Å². The third-order valence-corrected chi connectivity index (χ3v) is 12.7. The molecular formula is C37H41ClFN3O7Si. The van der Waals surface area contributed by atoms with Gasteiger partial charge in [-0.25, -0.2) is 0 Å². The Hall–Kier alpha value is -4.10. The van der Waals surface area contributed by atoms with Gasteiger partial charge in [0, 0.05) is 47.7 Å². The SMILES string of the molecule is CC(=O)OC1CC(=O)N1c1cccc(CN2C(=O)[C@]3(O[C@H](CC(=O)N(CCO)Cc4ccccc4)[C@@H]([Si](C)(C)F)[C@@H]3C)c3cc(Cl)ccc32)c1. The number of hydrogen-bond acceptors (Lipinski definition) is 7. The van der Waals surface area contributed by atoms with E-state index in [4.69, 9.17) is 21.1 Å². The molecule has 1 spiro atoms. The van der Waals surface area contributed by atoms with E-state index >= 15 is 4.11 Å². The molecule has 2 fully saturated rings. The van der Waals surface area contributed by atoms with E-state index in [0.29, 0.717) is 27.5 Å². The summed E-state index contributed by atoms with van der Waals surface area (Å²) in [5.41, 5.74) is 0.876. The van der Waals surface area contributed by atoms with Crippen molar-refractivity contribution in [3.63, 3.8) is 0 Å². The van der Waals surface area contributed by atoms with Crippen LogP contribution in [0.25, 0.3) is 0 Å². The second kappa shape index (κ2) is 13.9. The highest BCUT2D eigenvalue weighted by molar-refractivity contribution is 6.72. The molecule has 3 heterocycles. The average molecular weight is 722 g/mol. The number of esters is 1. The van der Waals surface area contributed by atoms with Crippen molar-refractivity contribution >= 4 is 55.1 Å². The summed E-state index contributed by atoms with van der Waals surface area (Å²) in [4.78, 5) is 57.3. The number of anilines is 2. The van der Waals surface area contributed by atoms with Crippen molar-refractivity contribution in [3.05, 3.63) is 94.5 Å². The molecule has 6 rings (SSSR count). The summed E-state index contributed by atoms with van der Waals surface area (Å²) in [5.74, 6) is -2.02. The predicted octanol–water partition coefficient (Wildman–Crippen LogP) is 5.70. The summed E-state index contributed by atoms with van der Waals surface area (Å²) in [5, 5.41) is 10.2. The van der Waals surface area contributed by atoms with E-state index in [-0.39, 0.29) is 56.8 Å². The van der Waals surface area contributed by atoms with Crippen LogP contribution in [0.15, 0.2) is 72.8 Å². The number of benzene rings is 3. The number of β-lactam (4-membered cyclic amide) rings is 1. The van der Waals surface area contributed by atoms with E-state index < -0.39 is 43.8 Å². The summed E-state index contributed by atoms with van der Waals surface area (Å²) in [6.07, 6.45) is -1.68. The zero-order valence-corrected chi connectivity index (χ0v) is 30.2. The lowest BCUT2D eigenvalue weighted by Crippen LogP contribution is -2.54. The van der Waals surface area contributed by atoms with Gasteiger partial charge in [0.25, 0.3) is 5.91 Å². The van der Waals surface area contributed by atoms with Crippen molar-refractivity contribution in [3.8, 4) is 0 Å². The minimum absolute atomic E-state index is 0.0867. The van der Waals surface area contributed by atoms with Crippen LogP contribution in [0.3, 0.4) is 0 Å². The topological polar surface area (TPSA) is 117 Å². The molecular weight excluding hydrogens is 681 g/mol. The van der Waals surface area contributed by atoms with E-state index in [0.717, 1.165) is 5.56 Å². The number of halogens is 2. The van der Waals surface area contributed by atoms with E-state index in [1.807, 2.05) is 43.3 Å². The minimum Gasteiger partial charge on any atom is -0.441 e. The van der Waals surface area contributed by atoms with Crippen molar-refractivity contribution < 1.29 is 37.9 Å². The van der Waals surface area contributed by atoms with Crippen molar-refractivity contribution in [1.29, 1.82) is 0 Å². The number of aliphatic hydroxyl groups is 1. The molecule has 3 aromatic carbocycles. The molecule has 3 aliphatic heterocycles. The molecule has 50 heavy (non-hydrogen) atoms. The lowest BCUT2D eigenvalue weighted by atomic mass is 9.82. The van der Waals surface area contributed by atoms with Crippen molar-refractivity contribution in [1.82, 2.24) is 4.90 Å². The first kappa shape index (κ1) is 35.7. The van der Waals surface area contributed by atoms with Crippen molar-refractivity contribution in [2.75, 3.05) is 23.0 Å². The fraction of sp³-hybridized carbons (Fsp3) is 0.405. The molecule has 2 saturated heterocycles. The molecule has 3 aliphatic rings. The highest BCUT2D eigenvalue weighted by Gasteiger charge is 2.67. The number of ether oxygens (including phenoxy) is 2. The Morgan fingerprint density at radius 1 is 1.08 bits per heavy atom. The second-order valence-electron chi connectivity index (χ2n) is 13.8. The Morgan fingerprint density at radius 3 is 2.46 bits per heavy atom. The Balaban J connectivity index is 1.32. The molecule has 0 aromatic heterocycles. The normalized spacial score (nSPS) is 24.4. The van der Waals surface area contributed by atoms with Crippen LogP contribution in [0.1, 0.15) is 43.4 Å². The lowest BCUT2D eigenvalue weighted by Gasteiger charge is -2.39. The lowest BCUT2D eigenvalue weighted by molar-refractivity contribution is -0.154. The van der Waals surface area contributed by atoms with Crippen LogP contribution < -0.4 is 9.80 Å². The maximum atomic E-state index is 16.4. The number of nitrogens with zero attached hydrogens (tertiary/aromatic N) is 3. The molecule has 13 heteroatoms. The smallest absolute Gasteiger partial charge is 0.304 e. The van der Waals surface area contributed by atoms with Crippen LogP contribution in [-0.2, 0) is 47.3 Å². The fourth-order valence-corrected chi connectivity index (χ4v) is 10.5. The highest BCUT2D eigenvalue weighted by Crippen LogP contribution is 2.60. The number of carbonyl (C=O) groups excluding carboxylic acids is 4. The quantitative estimate of drug-likeness (QED) is 0.117. The van der Waals surface area contributed by atoms with E-state index in [2.05, 4.69) is 0 Å². The van der Waals surface area contributed by atoms with Gasteiger partial charge in [-0.1, -0.05) is 61.0 Å².